The highest BCUT2D eigenvalue weighted by Gasteiger charge is 2.24. The van der Waals surface area contributed by atoms with Gasteiger partial charge in [-0.3, -0.25) is 4.40 Å². The zero-order valence-corrected chi connectivity index (χ0v) is 19.1. The van der Waals surface area contributed by atoms with Crippen molar-refractivity contribution in [2.24, 2.45) is 0 Å². The summed E-state index contributed by atoms with van der Waals surface area (Å²) in [5.41, 5.74) is 2.85. The van der Waals surface area contributed by atoms with Crippen molar-refractivity contribution in [2.75, 3.05) is 28.4 Å². The van der Waals surface area contributed by atoms with Crippen molar-refractivity contribution in [3.63, 3.8) is 0 Å². The van der Waals surface area contributed by atoms with Gasteiger partial charge in [0.2, 0.25) is 5.75 Å². The number of methoxy groups -OCH3 is 3. The summed E-state index contributed by atoms with van der Waals surface area (Å²) in [5.74, 6) is -0.283. The van der Waals surface area contributed by atoms with Gasteiger partial charge in [0.15, 0.2) is 17.1 Å². The van der Waals surface area contributed by atoms with Crippen LogP contribution in [0, 0.1) is 23.0 Å². The van der Waals surface area contributed by atoms with Crippen LogP contribution in [-0.4, -0.2) is 37.8 Å². The molecule has 0 fully saturated rings. The molecule has 2 aromatic carbocycles. The van der Waals surface area contributed by atoms with E-state index >= 15 is 0 Å². The number of nitriles is 1. The Morgan fingerprint density at radius 2 is 1.71 bits per heavy atom. The van der Waals surface area contributed by atoms with Gasteiger partial charge in [0.1, 0.15) is 23.3 Å². The normalized spacial score (nSPS) is 10.9. The first kappa shape index (κ1) is 23.0. The van der Waals surface area contributed by atoms with E-state index in [2.05, 4.69) is 16.4 Å². The zero-order valence-electron chi connectivity index (χ0n) is 19.1. The van der Waals surface area contributed by atoms with Crippen molar-refractivity contribution in [1.82, 2.24) is 14.7 Å². The Bertz CT molecular complexity index is 1430. The van der Waals surface area contributed by atoms with E-state index in [0.29, 0.717) is 52.0 Å². The molecule has 7 nitrogen and oxygen atoms in total. The average molecular weight is 464 g/mol. The summed E-state index contributed by atoms with van der Waals surface area (Å²) < 4.78 is 46.8. The van der Waals surface area contributed by atoms with Crippen LogP contribution in [0.5, 0.6) is 17.2 Å². The SMILES string of the molecule is CNCc1cnc2c(C#N)c(-c3ccc(OC)c(OC)c3OC)cc(-c3ccc(F)cc3F)n12. The zero-order chi connectivity index (χ0) is 24.4. The first-order valence-corrected chi connectivity index (χ1v) is 10.3. The van der Waals surface area contributed by atoms with E-state index in [0.717, 1.165) is 6.07 Å². The third-order valence-electron chi connectivity index (χ3n) is 5.52. The van der Waals surface area contributed by atoms with Gasteiger partial charge in [0.05, 0.1) is 38.9 Å². The maximum absolute atomic E-state index is 15.0. The van der Waals surface area contributed by atoms with E-state index in [-0.39, 0.29) is 11.1 Å². The first-order valence-electron chi connectivity index (χ1n) is 10.3. The molecule has 0 bridgehead atoms. The standard InChI is InChI=1S/C25H22F2N4O3/c1-29-12-15-13-30-25-19(11-28)18(16-7-8-22(32-2)24(34-4)23(16)33-3)10-21(31(15)25)17-6-5-14(26)9-20(17)27/h5-10,13,29H,12H2,1-4H3. The molecule has 0 aliphatic heterocycles. The smallest absolute Gasteiger partial charge is 0.203 e. The van der Waals surface area contributed by atoms with Crippen LogP contribution in [0.3, 0.4) is 0 Å². The van der Waals surface area contributed by atoms with Gasteiger partial charge in [-0.2, -0.15) is 5.26 Å². The summed E-state index contributed by atoms with van der Waals surface area (Å²) in [6, 6.07) is 10.7. The number of benzene rings is 2. The molecule has 9 heteroatoms. The molecule has 2 heterocycles. The van der Waals surface area contributed by atoms with E-state index in [1.807, 2.05) is 0 Å². The van der Waals surface area contributed by atoms with Gasteiger partial charge in [-0.05, 0) is 37.4 Å². The van der Waals surface area contributed by atoms with Gasteiger partial charge in [-0.1, -0.05) is 0 Å². The predicted molar refractivity (Wildman–Crippen MR) is 123 cm³/mol. The van der Waals surface area contributed by atoms with Crippen LogP contribution in [-0.2, 0) is 6.54 Å². The van der Waals surface area contributed by atoms with E-state index in [9.17, 15) is 14.0 Å². The predicted octanol–water partition coefficient (Wildman–Crippen LogP) is 4.56. The van der Waals surface area contributed by atoms with E-state index in [1.165, 1.54) is 33.5 Å². The van der Waals surface area contributed by atoms with Crippen LogP contribution in [0.4, 0.5) is 8.78 Å². The number of rotatable bonds is 7. The Kier molecular flexibility index (Phi) is 6.34. The Morgan fingerprint density at radius 3 is 2.32 bits per heavy atom. The van der Waals surface area contributed by atoms with Crippen LogP contribution in [0.1, 0.15) is 11.3 Å². The van der Waals surface area contributed by atoms with Crippen LogP contribution in [0.25, 0.3) is 28.0 Å². The summed E-state index contributed by atoms with van der Waals surface area (Å²) in [4.78, 5) is 4.47. The topological polar surface area (TPSA) is 80.8 Å². The number of nitrogens with zero attached hydrogens (tertiary/aromatic N) is 3. The van der Waals surface area contributed by atoms with Crippen molar-refractivity contribution < 1.29 is 23.0 Å². The summed E-state index contributed by atoms with van der Waals surface area (Å²) in [5, 5.41) is 13.2. The molecule has 0 radical (unpaired) electrons. The number of fused-ring (bicyclic) bond motifs is 1. The quantitative estimate of drug-likeness (QED) is 0.432. The highest BCUT2D eigenvalue weighted by Crippen LogP contribution is 2.46. The number of nitrogens with one attached hydrogen (secondary N) is 1. The molecule has 2 aromatic heterocycles. The van der Waals surface area contributed by atoms with Crippen molar-refractivity contribution in [2.45, 2.75) is 6.54 Å². The van der Waals surface area contributed by atoms with Gasteiger partial charge in [0, 0.05) is 29.3 Å². The van der Waals surface area contributed by atoms with Gasteiger partial charge < -0.3 is 19.5 Å². The lowest BCUT2D eigenvalue weighted by atomic mass is 9.96. The maximum Gasteiger partial charge on any atom is 0.203 e. The molecule has 4 aromatic rings. The largest absolute Gasteiger partial charge is 0.493 e. The second-order valence-corrected chi connectivity index (χ2v) is 7.37. The minimum atomic E-state index is -0.736. The molecule has 0 aliphatic rings. The van der Waals surface area contributed by atoms with E-state index in [1.54, 1.807) is 35.8 Å². The van der Waals surface area contributed by atoms with E-state index in [4.69, 9.17) is 14.2 Å². The Morgan fingerprint density at radius 1 is 0.971 bits per heavy atom. The highest BCUT2D eigenvalue weighted by molar-refractivity contribution is 5.87. The summed E-state index contributed by atoms with van der Waals surface area (Å²) in [7, 11) is 6.24. The lowest BCUT2D eigenvalue weighted by Crippen LogP contribution is -2.10. The Balaban J connectivity index is 2.14. The molecule has 0 aliphatic carbocycles. The van der Waals surface area contributed by atoms with Crippen LogP contribution in [0.15, 0.2) is 42.6 Å². The number of pyridine rings is 1. The number of halogens is 2. The summed E-state index contributed by atoms with van der Waals surface area (Å²) >= 11 is 0. The molecule has 174 valence electrons. The van der Waals surface area contributed by atoms with Crippen LogP contribution in [0.2, 0.25) is 0 Å². The van der Waals surface area contributed by atoms with Gasteiger partial charge in [0.25, 0.3) is 0 Å². The fourth-order valence-electron chi connectivity index (χ4n) is 4.06. The lowest BCUT2D eigenvalue weighted by molar-refractivity contribution is 0.325. The van der Waals surface area contributed by atoms with Crippen LogP contribution < -0.4 is 19.5 Å². The highest BCUT2D eigenvalue weighted by atomic mass is 19.1. The molecular weight excluding hydrogens is 442 g/mol. The van der Waals surface area contributed by atoms with Crippen molar-refractivity contribution in [3.8, 4) is 45.7 Å². The molecule has 0 atom stereocenters. The van der Waals surface area contributed by atoms with Gasteiger partial charge in [-0.25, -0.2) is 13.8 Å². The Hall–Kier alpha value is -4.16. The van der Waals surface area contributed by atoms with Crippen molar-refractivity contribution in [3.05, 3.63) is 65.5 Å². The second kappa shape index (κ2) is 9.37. The second-order valence-electron chi connectivity index (χ2n) is 7.37. The van der Waals surface area contributed by atoms with Gasteiger partial charge in [-0.15, -0.1) is 0 Å². The molecule has 0 unspecified atom stereocenters. The number of hydrogen-bond donors (Lipinski definition) is 1. The molecule has 4 rings (SSSR count). The molecule has 0 spiro atoms. The summed E-state index contributed by atoms with van der Waals surface area (Å²) in [6.45, 7) is 0.418. The molecule has 0 saturated heterocycles. The Labute approximate surface area is 195 Å². The first-order chi connectivity index (χ1) is 16.5. The molecule has 1 N–H and O–H groups in total. The molecule has 0 saturated carbocycles. The number of ether oxygens (including phenoxy) is 3. The number of hydrogen-bond acceptors (Lipinski definition) is 6. The minimum absolute atomic E-state index is 0.159. The molecule has 0 amide bonds. The van der Waals surface area contributed by atoms with Crippen molar-refractivity contribution in [1.29, 1.82) is 5.26 Å². The third kappa shape index (κ3) is 3.68. The van der Waals surface area contributed by atoms with Crippen molar-refractivity contribution >= 4 is 5.65 Å². The lowest BCUT2D eigenvalue weighted by Gasteiger charge is -2.19. The molecule has 34 heavy (non-hydrogen) atoms. The summed E-state index contributed by atoms with van der Waals surface area (Å²) in [6.07, 6.45) is 1.62. The molecular formula is C25H22F2N4O3. The van der Waals surface area contributed by atoms with Gasteiger partial charge >= 0.3 is 0 Å². The number of aromatic nitrogens is 2. The fraction of sp³-hybridized carbons (Fsp3) is 0.200. The number of imidazole rings is 1. The third-order valence-corrected chi connectivity index (χ3v) is 5.52. The fourth-order valence-corrected chi connectivity index (χ4v) is 4.06. The van der Waals surface area contributed by atoms with Crippen LogP contribution >= 0.6 is 0 Å². The average Bonchev–Trinajstić information content (AvgIpc) is 3.26. The van der Waals surface area contributed by atoms with E-state index < -0.39 is 11.6 Å². The minimum Gasteiger partial charge on any atom is -0.493 e. The maximum atomic E-state index is 15.0. The monoisotopic (exact) mass is 464 g/mol.